The number of halogens is 3. The van der Waals surface area contributed by atoms with Gasteiger partial charge in [0.15, 0.2) is 0 Å². The SMILES string of the molecule is CNc1cc(C(C)C2(C(C)c3ccnc(NC)c3)NC(=O)N(c3ccc(OC(F)(F)F)cc3)C2=O)ccn1. The first-order chi connectivity index (χ1) is 18.0. The Hall–Kier alpha value is -4.35. The predicted molar refractivity (Wildman–Crippen MR) is 136 cm³/mol. The summed E-state index contributed by atoms with van der Waals surface area (Å²) >= 11 is 0. The lowest BCUT2D eigenvalue weighted by molar-refractivity contribution is -0.274. The average Bonchev–Trinajstić information content (AvgIpc) is 3.17. The summed E-state index contributed by atoms with van der Waals surface area (Å²) < 4.78 is 41.7. The number of imide groups is 1. The number of anilines is 3. The Balaban J connectivity index is 1.80. The van der Waals surface area contributed by atoms with E-state index in [-0.39, 0.29) is 5.69 Å². The van der Waals surface area contributed by atoms with E-state index in [0.717, 1.165) is 28.2 Å². The molecule has 2 unspecified atom stereocenters. The second-order valence-electron chi connectivity index (χ2n) is 8.87. The van der Waals surface area contributed by atoms with Gasteiger partial charge in [-0.2, -0.15) is 0 Å². The predicted octanol–water partition coefficient (Wildman–Crippen LogP) is 4.86. The summed E-state index contributed by atoms with van der Waals surface area (Å²) in [5.74, 6) is -0.896. The molecule has 4 rings (SSSR count). The van der Waals surface area contributed by atoms with E-state index in [1.54, 1.807) is 50.8 Å². The van der Waals surface area contributed by atoms with Crippen LogP contribution in [0.1, 0.15) is 36.8 Å². The van der Waals surface area contributed by atoms with Crippen molar-refractivity contribution in [3.63, 3.8) is 0 Å². The lowest BCUT2D eigenvalue weighted by Crippen LogP contribution is -2.55. The van der Waals surface area contributed by atoms with Crippen LogP contribution >= 0.6 is 0 Å². The molecule has 2 aromatic heterocycles. The van der Waals surface area contributed by atoms with Crippen LogP contribution in [0.15, 0.2) is 60.9 Å². The van der Waals surface area contributed by atoms with Crippen LogP contribution in [0.2, 0.25) is 0 Å². The quantitative estimate of drug-likeness (QED) is 0.358. The molecule has 1 aliphatic heterocycles. The average molecular weight is 529 g/mol. The number of ether oxygens (including phenoxy) is 1. The van der Waals surface area contributed by atoms with Crippen molar-refractivity contribution in [2.45, 2.75) is 37.6 Å². The Kier molecular flexibility index (Phi) is 7.16. The van der Waals surface area contributed by atoms with Crippen LogP contribution in [0.5, 0.6) is 5.75 Å². The second kappa shape index (κ2) is 10.2. The van der Waals surface area contributed by atoms with Crippen molar-refractivity contribution in [3.05, 3.63) is 72.1 Å². The van der Waals surface area contributed by atoms with Gasteiger partial charge in [0.1, 0.15) is 22.9 Å². The van der Waals surface area contributed by atoms with E-state index in [0.29, 0.717) is 11.6 Å². The number of hydrogen-bond acceptors (Lipinski definition) is 7. The normalized spacial score (nSPS) is 19.1. The number of carbonyl (C=O) groups excluding carboxylic acids is 2. The van der Waals surface area contributed by atoms with Gasteiger partial charge in [-0.3, -0.25) is 4.79 Å². The number of nitrogens with zero attached hydrogens (tertiary/aromatic N) is 3. The van der Waals surface area contributed by atoms with Gasteiger partial charge in [0, 0.05) is 38.3 Å². The number of alkyl halides is 3. The van der Waals surface area contributed by atoms with Crippen LogP contribution in [0, 0.1) is 0 Å². The maximum atomic E-state index is 14.3. The summed E-state index contributed by atoms with van der Waals surface area (Å²) in [6, 6.07) is 11.0. The van der Waals surface area contributed by atoms with E-state index < -0.39 is 41.4 Å². The van der Waals surface area contributed by atoms with E-state index in [4.69, 9.17) is 0 Å². The van der Waals surface area contributed by atoms with Gasteiger partial charge in [0.2, 0.25) is 0 Å². The second-order valence-corrected chi connectivity index (χ2v) is 8.87. The summed E-state index contributed by atoms with van der Waals surface area (Å²) in [5, 5.41) is 8.88. The molecule has 1 aromatic carbocycles. The number of nitrogens with one attached hydrogen (secondary N) is 3. The summed E-state index contributed by atoms with van der Waals surface area (Å²) in [6.07, 6.45) is -1.64. The van der Waals surface area contributed by atoms with Crippen LogP contribution < -0.4 is 25.6 Å². The first-order valence-electron chi connectivity index (χ1n) is 11.8. The minimum Gasteiger partial charge on any atom is -0.406 e. The first kappa shape index (κ1) is 26.7. The molecule has 0 aliphatic carbocycles. The molecular weight excluding hydrogens is 501 g/mol. The zero-order valence-corrected chi connectivity index (χ0v) is 21.1. The Morgan fingerprint density at radius 3 is 1.84 bits per heavy atom. The number of urea groups is 1. The summed E-state index contributed by atoms with van der Waals surface area (Å²) in [7, 11) is 3.45. The third-order valence-corrected chi connectivity index (χ3v) is 6.85. The first-order valence-corrected chi connectivity index (χ1v) is 11.8. The third-order valence-electron chi connectivity index (χ3n) is 6.85. The number of carbonyl (C=O) groups is 2. The van der Waals surface area contributed by atoms with E-state index in [1.807, 2.05) is 13.8 Å². The van der Waals surface area contributed by atoms with Gasteiger partial charge in [-0.15, -0.1) is 13.2 Å². The highest BCUT2D eigenvalue weighted by Crippen LogP contribution is 2.45. The van der Waals surface area contributed by atoms with Gasteiger partial charge in [0.25, 0.3) is 5.91 Å². The lowest BCUT2D eigenvalue weighted by Gasteiger charge is -2.39. The van der Waals surface area contributed by atoms with E-state index in [2.05, 4.69) is 30.7 Å². The fourth-order valence-corrected chi connectivity index (χ4v) is 4.79. The number of aromatic nitrogens is 2. The van der Waals surface area contributed by atoms with Gasteiger partial charge in [-0.25, -0.2) is 19.7 Å². The molecule has 1 aliphatic rings. The van der Waals surface area contributed by atoms with Gasteiger partial charge < -0.3 is 20.7 Å². The highest BCUT2D eigenvalue weighted by Gasteiger charge is 2.58. The molecule has 3 N–H and O–H groups in total. The maximum absolute atomic E-state index is 14.3. The fraction of sp³-hybridized carbons (Fsp3) is 0.308. The van der Waals surface area contributed by atoms with Gasteiger partial charge in [0.05, 0.1) is 5.69 Å². The van der Waals surface area contributed by atoms with Gasteiger partial charge in [-0.1, -0.05) is 13.8 Å². The maximum Gasteiger partial charge on any atom is 0.573 e. The number of pyridine rings is 2. The van der Waals surface area contributed by atoms with Crippen LogP contribution in [0.4, 0.5) is 35.3 Å². The van der Waals surface area contributed by atoms with Crippen molar-refractivity contribution in [1.29, 1.82) is 0 Å². The molecule has 0 saturated carbocycles. The van der Waals surface area contributed by atoms with Crippen molar-refractivity contribution < 1.29 is 27.5 Å². The molecule has 0 bridgehead atoms. The number of amides is 3. The monoisotopic (exact) mass is 528 g/mol. The zero-order valence-electron chi connectivity index (χ0n) is 21.1. The van der Waals surface area contributed by atoms with Crippen molar-refractivity contribution in [3.8, 4) is 5.75 Å². The van der Waals surface area contributed by atoms with E-state index >= 15 is 0 Å². The summed E-state index contributed by atoms with van der Waals surface area (Å²) in [5.41, 5.74) is 0.170. The van der Waals surface area contributed by atoms with E-state index in [9.17, 15) is 22.8 Å². The minimum absolute atomic E-state index is 0.111. The number of benzene rings is 1. The number of rotatable bonds is 8. The Labute approximate surface area is 217 Å². The van der Waals surface area contributed by atoms with Crippen molar-refractivity contribution in [1.82, 2.24) is 15.3 Å². The zero-order chi connectivity index (χ0) is 27.7. The molecule has 3 aromatic rings. The molecule has 1 saturated heterocycles. The molecule has 12 heteroatoms. The van der Waals surface area contributed by atoms with Gasteiger partial charge in [-0.05, 0) is 59.7 Å². The van der Waals surface area contributed by atoms with Gasteiger partial charge >= 0.3 is 12.4 Å². The third kappa shape index (κ3) is 4.93. The molecule has 9 nitrogen and oxygen atoms in total. The van der Waals surface area contributed by atoms with E-state index in [1.165, 1.54) is 12.1 Å². The van der Waals surface area contributed by atoms with Crippen LogP contribution in [-0.4, -0.2) is 47.9 Å². The molecule has 3 amide bonds. The van der Waals surface area contributed by atoms with Crippen molar-refractivity contribution in [2.75, 3.05) is 29.6 Å². The Morgan fingerprint density at radius 2 is 1.39 bits per heavy atom. The van der Waals surface area contributed by atoms with Crippen LogP contribution in [0.3, 0.4) is 0 Å². The van der Waals surface area contributed by atoms with Crippen molar-refractivity contribution in [2.24, 2.45) is 0 Å². The minimum atomic E-state index is -4.87. The standard InChI is InChI=1S/C26H27F3N6O3/c1-15(17-9-11-32-21(13-17)30-3)25(16(2)18-10-12-33-22(14-18)31-4)23(36)35(24(37)34-25)19-5-7-20(8-6-19)38-26(27,28)29/h5-16H,1-4H3,(H,30,32)(H,31,33)(H,34,37). The topological polar surface area (TPSA) is 108 Å². The van der Waals surface area contributed by atoms with Crippen LogP contribution in [-0.2, 0) is 4.79 Å². The Bertz CT molecular complexity index is 1280. The fourth-order valence-electron chi connectivity index (χ4n) is 4.79. The molecular formula is C26H27F3N6O3. The molecule has 38 heavy (non-hydrogen) atoms. The highest BCUT2D eigenvalue weighted by atomic mass is 19.4. The summed E-state index contributed by atoms with van der Waals surface area (Å²) in [6.45, 7) is 3.68. The summed E-state index contributed by atoms with van der Waals surface area (Å²) in [4.78, 5) is 37.1. The molecule has 1 fully saturated rings. The molecule has 2 atom stereocenters. The molecule has 0 spiro atoms. The molecule has 200 valence electrons. The highest BCUT2D eigenvalue weighted by molar-refractivity contribution is 6.24. The molecule has 0 radical (unpaired) electrons. The smallest absolute Gasteiger partial charge is 0.406 e. The van der Waals surface area contributed by atoms with Crippen LogP contribution in [0.25, 0.3) is 0 Å². The largest absolute Gasteiger partial charge is 0.573 e. The Morgan fingerprint density at radius 1 is 0.895 bits per heavy atom. The number of hydrogen-bond donors (Lipinski definition) is 3. The lowest BCUT2D eigenvalue weighted by atomic mass is 9.70. The van der Waals surface area contributed by atoms with Crippen molar-refractivity contribution >= 4 is 29.3 Å². The molecule has 3 heterocycles.